The zero-order valence-corrected chi connectivity index (χ0v) is 12.8. The number of hydrogen-bond donors (Lipinski definition) is 2. The summed E-state index contributed by atoms with van der Waals surface area (Å²) < 4.78 is 5.25. The Kier molecular flexibility index (Phi) is 5.37. The van der Waals surface area contributed by atoms with Gasteiger partial charge in [0.2, 0.25) is 0 Å². The molecule has 0 bridgehead atoms. The lowest BCUT2D eigenvalue weighted by molar-refractivity contribution is 0.135. The maximum Gasteiger partial charge on any atom is 0.121 e. The first kappa shape index (κ1) is 15.5. The van der Waals surface area contributed by atoms with Gasteiger partial charge in [0.25, 0.3) is 0 Å². The third-order valence-corrected chi connectivity index (χ3v) is 3.71. The molecule has 2 N–H and O–H groups in total. The molecular formula is C18H23NO2. The highest BCUT2D eigenvalue weighted by atomic mass is 16.5. The average Bonchev–Trinajstić information content (AvgIpc) is 2.52. The molecule has 0 aliphatic rings. The van der Waals surface area contributed by atoms with Gasteiger partial charge in [-0.1, -0.05) is 36.4 Å². The van der Waals surface area contributed by atoms with Crippen molar-refractivity contribution in [3.05, 3.63) is 65.2 Å². The van der Waals surface area contributed by atoms with Gasteiger partial charge in [-0.2, -0.15) is 0 Å². The van der Waals surface area contributed by atoms with Gasteiger partial charge in [-0.15, -0.1) is 0 Å². The Morgan fingerprint density at radius 1 is 1.14 bits per heavy atom. The van der Waals surface area contributed by atoms with Crippen LogP contribution < -0.4 is 10.1 Å². The average molecular weight is 285 g/mol. The Balaban J connectivity index is 1.98. The van der Waals surface area contributed by atoms with E-state index in [-0.39, 0.29) is 6.04 Å². The molecule has 0 amide bonds. The van der Waals surface area contributed by atoms with Gasteiger partial charge in [-0.3, -0.25) is 0 Å². The molecule has 0 fully saturated rings. The van der Waals surface area contributed by atoms with E-state index >= 15 is 0 Å². The molecule has 2 aromatic carbocycles. The third-order valence-electron chi connectivity index (χ3n) is 3.71. The molecule has 0 radical (unpaired) electrons. The summed E-state index contributed by atoms with van der Waals surface area (Å²) in [4.78, 5) is 0. The van der Waals surface area contributed by atoms with Gasteiger partial charge in [-0.25, -0.2) is 0 Å². The lowest BCUT2D eigenvalue weighted by Crippen LogP contribution is -2.31. The van der Waals surface area contributed by atoms with Gasteiger partial charge < -0.3 is 15.2 Å². The van der Waals surface area contributed by atoms with Crippen LogP contribution in [0.15, 0.2) is 48.5 Å². The van der Waals surface area contributed by atoms with Crippen LogP contribution in [0.25, 0.3) is 0 Å². The maximum atomic E-state index is 10.5. The van der Waals surface area contributed by atoms with E-state index in [0.29, 0.717) is 0 Å². The molecule has 0 aromatic heterocycles. The van der Waals surface area contributed by atoms with Gasteiger partial charge in [0.15, 0.2) is 0 Å². The standard InChI is InChI=1S/C18H23NO2/c1-13-11-16(9-10-17(13)21-3)18(20)14(2)19-12-15-7-5-4-6-8-15/h4-11,14,18-20H,12H2,1-3H3. The molecule has 2 rings (SSSR count). The van der Waals surface area contributed by atoms with Crippen LogP contribution in [0.1, 0.15) is 29.7 Å². The van der Waals surface area contributed by atoms with Gasteiger partial charge >= 0.3 is 0 Å². The fraction of sp³-hybridized carbons (Fsp3) is 0.333. The van der Waals surface area contributed by atoms with Crippen LogP contribution in [0.4, 0.5) is 0 Å². The van der Waals surface area contributed by atoms with Crippen molar-refractivity contribution in [1.29, 1.82) is 0 Å². The Bertz CT molecular complexity index is 569. The van der Waals surface area contributed by atoms with E-state index in [9.17, 15) is 5.11 Å². The number of aryl methyl sites for hydroxylation is 1. The summed E-state index contributed by atoms with van der Waals surface area (Å²) in [5.41, 5.74) is 3.15. The number of rotatable bonds is 6. The van der Waals surface area contributed by atoms with Crippen LogP contribution >= 0.6 is 0 Å². The summed E-state index contributed by atoms with van der Waals surface area (Å²) in [6.45, 7) is 4.72. The van der Waals surface area contributed by atoms with E-state index in [0.717, 1.165) is 23.4 Å². The van der Waals surface area contributed by atoms with Crippen molar-refractivity contribution in [2.75, 3.05) is 7.11 Å². The Hall–Kier alpha value is -1.84. The molecule has 112 valence electrons. The zero-order chi connectivity index (χ0) is 15.2. The number of aliphatic hydroxyl groups is 1. The molecule has 0 aliphatic heterocycles. The summed E-state index contributed by atoms with van der Waals surface area (Å²) in [6, 6.07) is 15.9. The third kappa shape index (κ3) is 4.06. The highest BCUT2D eigenvalue weighted by Gasteiger charge is 2.16. The summed E-state index contributed by atoms with van der Waals surface area (Å²) in [6.07, 6.45) is -0.543. The maximum absolute atomic E-state index is 10.5. The van der Waals surface area contributed by atoms with E-state index in [1.54, 1.807) is 7.11 Å². The summed E-state index contributed by atoms with van der Waals surface area (Å²) in [7, 11) is 1.66. The second-order valence-corrected chi connectivity index (χ2v) is 5.33. The summed E-state index contributed by atoms with van der Waals surface area (Å²) in [5.74, 6) is 0.843. The zero-order valence-electron chi connectivity index (χ0n) is 12.8. The first-order chi connectivity index (χ1) is 10.1. The number of ether oxygens (including phenoxy) is 1. The van der Waals surface area contributed by atoms with Crippen molar-refractivity contribution in [1.82, 2.24) is 5.32 Å². The SMILES string of the molecule is COc1ccc(C(O)C(C)NCc2ccccc2)cc1C. The van der Waals surface area contributed by atoms with Crippen LogP contribution in [0.3, 0.4) is 0 Å². The minimum absolute atomic E-state index is 0.0296. The van der Waals surface area contributed by atoms with Crippen molar-refractivity contribution in [3.8, 4) is 5.75 Å². The lowest BCUT2D eigenvalue weighted by atomic mass is 10.0. The molecule has 0 saturated carbocycles. The number of hydrogen-bond acceptors (Lipinski definition) is 3. The molecule has 2 atom stereocenters. The monoisotopic (exact) mass is 285 g/mol. The number of aliphatic hydroxyl groups excluding tert-OH is 1. The highest BCUT2D eigenvalue weighted by Crippen LogP contribution is 2.24. The van der Waals surface area contributed by atoms with Crippen molar-refractivity contribution < 1.29 is 9.84 Å². The molecule has 0 heterocycles. The van der Waals surface area contributed by atoms with E-state index in [1.807, 2.05) is 50.2 Å². The van der Waals surface area contributed by atoms with Crippen molar-refractivity contribution in [2.24, 2.45) is 0 Å². The van der Waals surface area contributed by atoms with Crippen LogP contribution in [-0.2, 0) is 6.54 Å². The number of methoxy groups -OCH3 is 1. The van der Waals surface area contributed by atoms with Gasteiger partial charge in [0.1, 0.15) is 5.75 Å². The molecule has 0 aliphatic carbocycles. The largest absolute Gasteiger partial charge is 0.496 e. The van der Waals surface area contributed by atoms with Crippen molar-refractivity contribution in [3.63, 3.8) is 0 Å². The normalized spacial score (nSPS) is 13.7. The molecule has 2 unspecified atom stereocenters. The predicted octanol–water partition coefficient (Wildman–Crippen LogP) is 3.22. The highest BCUT2D eigenvalue weighted by molar-refractivity contribution is 5.37. The molecule has 3 heteroatoms. The number of benzene rings is 2. The lowest BCUT2D eigenvalue weighted by Gasteiger charge is -2.21. The van der Waals surface area contributed by atoms with Crippen LogP contribution in [-0.4, -0.2) is 18.3 Å². The Morgan fingerprint density at radius 3 is 2.48 bits per heavy atom. The fourth-order valence-corrected chi connectivity index (χ4v) is 2.36. The van der Waals surface area contributed by atoms with E-state index in [4.69, 9.17) is 4.74 Å². The van der Waals surface area contributed by atoms with Crippen molar-refractivity contribution in [2.45, 2.75) is 32.5 Å². The van der Waals surface area contributed by atoms with Gasteiger partial charge in [-0.05, 0) is 42.7 Å². The number of nitrogens with one attached hydrogen (secondary N) is 1. The van der Waals surface area contributed by atoms with E-state index in [1.165, 1.54) is 5.56 Å². The first-order valence-electron chi connectivity index (χ1n) is 7.21. The minimum atomic E-state index is -0.543. The Morgan fingerprint density at radius 2 is 1.86 bits per heavy atom. The van der Waals surface area contributed by atoms with Gasteiger partial charge in [0.05, 0.1) is 13.2 Å². The van der Waals surface area contributed by atoms with Crippen LogP contribution in [0, 0.1) is 6.92 Å². The van der Waals surface area contributed by atoms with Crippen LogP contribution in [0.5, 0.6) is 5.75 Å². The second kappa shape index (κ2) is 7.25. The topological polar surface area (TPSA) is 41.5 Å². The quantitative estimate of drug-likeness (QED) is 0.856. The van der Waals surface area contributed by atoms with E-state index in [2.05, 4.69) is 17.4 Å². The van der Waals surface area contributed by atoms with Gasteiger partial charge in [0, 0.05) is 12.6 Å². The molecule has 21 heavy (non-hydrogen) atoms. The second-order valence-electron chi connectivity index (χ2n) is 5.33. The molecule has 2 aromatic rings. The smallest absolute Gasteiger partial charge is 0.121 e. The first-order valence-corrected chi connectivity index (χ1v) is 7.21. The van der Waals surface area contributed by atoms with Crippen LogP contribution in [0.2, 0.25) is 0 Å². The summed E-state index contributed by atoms with van der Waals surface area (Å²) >= 11 is 0. The minimum Gasteiger partial charge on any atom is -0.496 e. The molecule has 3 nitrogen and oxygen atoms in total. The summed E-state index contributed by atoms with van der Waals surface area (Å²) in [5, 5.41) is 13.8. The van der Waals surface area contributed by atoms with Crippen molar-refractivity contribution >= 4 is 0 Å². The Labute approximate surface area is 126 Å². The predicted molar refractivity (Wildman–Crippen MR) is 85.4 cm³/mol. The fourth-order valence-electron chi connectivity index (χ4n) is 2.36. The molecular weight excluding hydrogens is 262 g/mol. The van der Waals surface area contributed by atoms with E-state index < -0.39 is 6.10 Å². The molecule has 0 spiro atoms. The molecule has 0 saturated heterocycles.